The molecule has 0 fully saturated rings. The summed E-state index contributed by atoms with van der Waals surface area (Å²) in [5, 5.41) is 13.3. The van der Waals surface area contributed by atoms with Crippen LogP contribution in [0.3, 0.4) is 0 Å². The third-order valence-electron chi connectivity index (χ3n) is 2.18. The Balaban J connectivity index is 2.17. The van der Waals surface area contributed by atoms with Crippen molar-refractivity contribution in [3.05, 3.63) is 29.3 Å². The Hall–Kier alpha value is -0.810. The number of hydrogen-bond acceptors (Lipinski definition) is 4. The highest BCUT2D eigenvalue weighted by Gasteiger charge is 2.04. The standard InChI is InChI=1S/C12H19ClN2O2/c13-10-3-1-4-12(7-10)17-9-11(16)8-15-6-2-5-14/h1,3-4,7,11,15-16H,2,5-6,8-9,14H2. The zero-order valence-electron chi connectivity index (χ0n) is 9.73. The van der Waals surface area contributed by atoms with Crippen LogP contribution in [-0.2, 0) is 0 Å². The largest absolute Gasteiger partial charge is 0.491 e. The number of benzene rings is 1. The predicted octanol–water partition coefficient (Wildman–Crippen LogP) is 1.02. The topological polar surface area (TPSA) is 67.5 Å². The first-order valence-corrected chi connectivity index (χ1v) is 6.07. The Morgan fingerprint density at radius 1 is 1.47 bits per heavy atom. The second kappa shape index (κ2) is 8.31. The molecule has 17 heavy (non-hydrogen) atoms. The van der Waals surface area contributed by atoms with E-state index in [4.69, 9.17) is 22.1 Å². The number of rotatable bonds is 8. The first-order valence-electron chi connectivity index (χ1n) is 5.69. The molecule has 4 nitrogen and oxygen atoms in total. The van der Waals surface area contributed by atoms with Gasteiger partial charge in [0.05, 0.1) is 0 Å². The SMILES string of the molecule is NCCCNCC(O)COc1cccc(Cl)c1. The van der Waals surface area contributed by atoms with Crippen molar-refractivity contribution in [3.63, 3.8) is 0 Å². The van der Waals surface area contributed by atoms with Crippen molar-refractivity contribution < 1.29 is 9.84 Å². The van der Waals surface area contributed by atoms with Gasteiger partial charge >= 0.3 is 0 Å². The molecule has 1 aromatic carbocycles. The fourth-order valence-corrected chi connectivity index (χ4v) is 1.48. The lowest BCUT2D eigenvalue weighted by Crippen LogP contribution is -2.32. The molecule has 0 spiro atoms. The quantitative estimate of drug-likeness (QED) is 0.609. The second-order valence-electron chi connectivity index (χ2n) is 3.77. The maximum absolute atomic E-state index is 9.63. The van der Waals surface area contributed by atoms with Gasteiger partial charge in [0.1, 0.15) is 18.5 Å². The molecule has 0 aliphatic heterocycles. The van der Waals surface area contributed by atoms with E-state index in [0.29, 0.717) is 23.9 Å². The van der Waals surface area contributed by atoms with Crippen molar-refractivity contribution >= 4 is 11.6 Å². The molecule has 0 aliphatic carbocycles. The Morgan fingerprint density at radius 3 is 3.00 bits per heavy atom. The summed E-state index contributed by atoms with van der Waals surface area (Å²) < 4.78 is 5.41. The highest BCUT2D eigenvalue weighted by molar-refractivity contribution is 6.30. The van der Waals surface area contributed by atoms with Crippen molar-refractivity contribution in [3.8, 4) is 5.75 Å². The van der Waals surface area contributed by atoms with E-state index in [1.165, 1.54) is 0 Å². The highest BCUT2D eigenvalue weighted by Crippen LogP contribution is 2.16. The summed E-state index contributed by atoms with van der Waals surface area (Å²) in [7, 11) is 0. The zero-order valence-corrected chi connectivity index (χ0v) is 10.5. The van der Waals surface area contributed by atoms with Gasteiger partial charge in [0.15, 0.2) is 0 Å². The maximum Gasteiger partial charge on any atom is 0.120 e. The van der Waals surface area contributed by atoms with E-state index in [-0.39, 0.29) is 6.61 Å². The summed E-state index contributed by atoms with van der Waals surface area (Å²) in [4.78, 5) is 0. The van der Waals surface area contributed by atoms with Crippen LogP contribution in [0, 0.1) is 0 Å². The molecule has 1 aromatic rings. The van der Waals surface area contributed by atoms with Crippen LogP contribution < -0.4 is 15.8 Å². The van der Waals surface area contributed by atoms with E-state index < -0.39 is 6.10 Å². The van der Waals surface area contributed by atoms with Gasteiger partial charge in [0.25, 0.3) is 0 Å². The Bertz CT molecular complexity index is 323. The molecule has 0 aromatic heterocycles. The van der Waals surface area contributed by atoms with Crippen molar-refractivity contribution in [1.29, 1.82) is 0 Å². The third kappa shape index (κ3) is 6.48. The van der Waals surface area contributed by atoms with E-state index >= 15 is 0 Å². The molecule has 5 heteroatoms. The third-order valence-corrected chi connectivity index (χ3v) is 2.41. The van der Waals surface area contributed by atoms with E-state index in [1.54, 1.807) is 18.2 Å². The first kappa shape index (κ1) is 14.3. The molecule has 1 rings (SSSR count). The molecule has 0 heterocycles. The van der Waals surface area contributed by atoms with Crippen molar-refractivity contribution in [2.45, 2.75) is 12.5 Å². The minimum atomic E-state index is -0.535. The average molecular weight is 259 g/mol. The lowest BCUT2D eigenvalue weighted by molar-refractivity contribution is 0.106. The van der Waals surface area contributed by atoms with Crippen LogP contribution in [-0.4, -0.2) is 37.5 Å². The van der Waals surface area contributed by atoms with E-state index in [1.807, 2.05) is 6.07 Å². The summed E-state index contributed by atoms with van der Waals surface area (Å²) >= 11 is 5.81. The first-order chi connectivity index (χ1) is 8.22. The molecule has 0 aliphatic rings. The Morgan fingerprint density at radius 2 is 2.29 bits per heavy atom. The van der Waals surface area contributed by atoms with Gasteiger partial charge < -0.3 is 20.9 Å². The monoisotopic (exact) mass is 258 g/mol. The van der Waals surface area contributed by atoms with Gasteiger partial charge in [-0.05, 0) is 37.7 Å². The lowest BCUT2D eigenvalue weighted by Gasteiger charge is -2.13. The molecule has 0 radical (unpaired) electrons. The van der Waals surface area contributed by atoms with Crippen molar-refractivity contribution in [2.75, 3.05) is 26.2 Å². The fraction of sp³-hybridized carbons (Fsp3) is 0.500. The maximum atomic E-state index is 9.63. The summed E-state index contributed by atoms with van der Waals surface area (Å²) in [5.74, 6) is 0.665. The molecule has 0 saturated carbocycles. The summed E-state index contributed by atoms with van der Waals surface area (Å²) in [6, 6.07) is 7.11. The van der Waals surface area contributed by atoms with Gasteiger partial charge in [-0.1, -0.05) is 17.7 Å². The van der Waals surface area contributed by atoms with E-state index in [2.05, 4.69) is 5.32 Å². The summed E-state index contributed by atoms with van der Waals surface area (Å²) in [5.41, 5.74) is 5.35. The van der Waals surface area contributed by atoms with Crippen LogP contribution in [0.4, 0.5) is 0 Å². The van der Waals surface area contributed by atoms with Crippen molar-refractivity contribution in [2.24, 2.45) is 5.73 Å². The molecule has 0 amide bonds. The minimum absolute atomic E-state index is 0.246. The molecule has 96 valence electrons. The van der Waals surface area contributed by atoms with Gasteiger partial charge in [-0.2, -0.15) is 0 Å². The number of hydrogen-bond donors (Lipinski definition) is 3. The molecular weight excluding hydrogens is 240 g/mol. The van der Waals surface area contributed by atoms with E-state index in [0.717, 1.165) is 13.0 Å². The van der Waals surface area contributed by atoms with Crippen LogP contribution in [0.5, 0.6) is 5.75 Å². The average Bonchev–Trinajstić information content (AvgIpc) is 2.32. The minimum Gasteiger partial charge on any atom is -0.491 e. The van der Waals surface area contributed by atoms with Gasteiger partial charge in [-0.25, -0.2) is 0 Å². The molecule has 4 N–H and O–H groups in total. The predicted molar refractivity (Wildman–Crippen MR) is 69.5 cm³/mol. The molecule has 0 bridgehead atoms. The number of halogens is 1. The van der Waals surface area contributed by atoms with Crippen LogP contribution in [0.25, 0.3) is 0 Å². The highest BCUT2D eigenvalue weighted by atomic mass is 35.5. The lowest BCUT2D eigenvalue weighted by atomic mass is 10.3. The molecule has 1 unspecified atom stereocenters. The zero-order chi connectivity index (χ0) is 12.5. The van der Waals surface area contributed by atoms with Crippen LogP contribution in [0.1, 0.15) is 6.42 Å². The van der Waals surface area contributed by atoms with Gasteiger partial charge in [0.2, 0.25) is 0 Å². The number of nitrogens with one attached hydrogen (secondary N) is 1. The van der Waals surface area contributed by atoms with Crippen molar-refractivity contribution in [1.82, 2.24) is 5.32 Å². The van der Waals surface area contributed by atoms with Gasteiger partial charge in [-0.3, -0.25) is 0 Å². The summed E-state index contributed by atoms with van der Waals surface area (Å²) in [6.45, 7) is 2.21. The number of nitrogens with two attached hydrogens (primary N) is 1. The normalized spacial score (nSPS) is 12.4. The van der Waals surface area contributed by atoms with E-state index in [9.17, 15) is 5.11 Å². The smallest absolute Gasteiger partial charge is 0.120 e. The van der Waals surface area contributed by atoms with Gasteiger partial charge in [0, 0.05) is 11.6 Å². The second-order valence-corrected chi connectivity index (χ2v) is 4.20. The Labute approximate surface area is 107 Å². The number of aliphatic hydroxyl groups is 1. The molecule has 1 atom stereocenters. The molecular formula is C12H19ClN2O2. The van der Waals surface area contributed by atoms with Gasteiger partial charge in [-0.15, -0.1) is 0 Å². The number of ether oxygens (including phenoxy) is 1. The number of aliphatic hydroxyl groups excluding tert-OH is 1. The Kier molecular flexibility index (Phi) is 6.96. The fourth-order valence-electron chi connectivity index (χ4n) is 1.30. The van der Waals surface area contributed by atoms with Crippen LogP contribution >= 0.6 is 11.6 Å². The van der Waals surface area contributed by atoms with Crippen LogP contribution in [0.15, 0.2) is 24.3 Å². The van der Waals surface area contributed by atoms with Crippen LogP contribution in [0.2, 0.25) is 5.02 Å². The molecule has 0 saturated heterocycles. The summed E-state index contributed by atoms with van der Waals surface area (Å²) in [6.07, 6.45) is 0.369.